The smallest absolute Gasteiger partial charge is 0.430 e. The number of carbonyl (C=O) groups excluding carboxylic acids is 1. The number of benzene rings is 1. The van der Waals surface area contributed by atoms with E-state index in [9.17, 15) is 47.7 Å². The monoisotopic (exact) mass is 585 g/mol. The van der Waals surface area contributed by atoms with Gasteiger partial charge in [0, 0.05) is 12.5 Å². The highest BCUT2D eigenvalue weighted by Crippen LogP contribution is 3.02. The molecule has 1 aromatic carbocycles. The highest BCUT2D eigenvalue weighted by Gasteiger charge is 2.66. The Balaban J connectivity index is 1.92. The van der Waals surface area contributed by atoms with E-state index in [1.807, 2.05) is 0 Å². The van der Waals surface area contributed by atoms with Gasteiger partial charge >= 0.3 is 22.4 Å². The van der Waals surface area contributed by atoms with Crippen LogP contribution in [0.3, 0.4) is 0 Å². The summed E-state index contributed by atoms with van der Waals surface area (Å²) in [5.74, 6) is -2.52. The van der Waals surface area contributed by atoms with E-state index in [0.29, 0.717) is 18.9 Å². The fraction of sp³-hybridized carbons (Fsp3) is 0.550. The van der Waals surface area contributed by atoms with Crippen molar-refractivity contribution < 1.29 is 61.8 Å². The number of aliphatic hydroxyl groups is 1. The van der Waals surface area contributed by atoms with Crippen molar-refractivity contribution in [3.63, 3.8) is 0 Å². The lowest BCUT2D eigenvalue weighted by atomic mass is 9.98. The normalized spacial score (nSPS) is 23.0. The molecule has 2 aliphatic rings. The summed E-state index contributed by atoms with van der Waals surface area (Å²) in [6.45, 7) is 2.05. The Labute approximate surface area is 210 Å². The largest absolute Gasteiger partial charge is 0.569 e. The average molecular weight is 585 g/mol. The van der Waals surface area contributed by atoms with E-state index in [1.165, 1.54) is 6.92 Å². The molecular formula is C20H23F8N3O6S. The molecule has 3 rings (SSSR count). The number of ether oxygens (including phenoxy) is 2. The molecule has 1 fully saturated rings. The van der Waals surface area contributed by atoms with Gasteiger partial charge in [0.1, 0.15) is 16.7 Å². The second kappa shape index (κ2) is 9.32. The Kier molecular flexibility index (Phi) is 7.24. The maximum atomic E-state index is 13.7. The van der Waals surface area contributed by atoms with E-state index >= 15 is 0 Å². The summed E-state index contributed by atoms with van der Waals surface area (Å²) in [6, 6.07) is -0.647. The minimum absolute atomic E-state index is 0.0127. The summed E-state index contributed by atoms with van der Waals surface area (Å²) in [6.07, 6.45) is -9.07. The topological polar surface area (TPSA) is 107 Å². The summed E-state index contributed by atoms with van der Waals surface area (Å²) < 4.78 is 118. The second-order valence-corrected chi connectivity index (χ2v) is 10.9. The molecule has 0 spiro atoms. The van der Waals surface area contributed by atoms with Crippen molar-refractivity contribution in [2.45, 2.75) is 62.6 Å². The predicted octanol–water partition coefficient (Wildman–Crippen LogP) is 5.77. The van der Waals surface area contributed by atoms with Crippen LogP contribution in [-0.4, -0.2) is 58.8 Å². The number of esters is 1. The Bertz CT molecular complexity index is 1160. The maximum absolute atomic E-state index is 13.7. The van der Waals surface area contributed by atoms with Gasteiger partial charge in [-0.25, -0.2) is 4.79 Å². The molecule has 0 bridgehead atoms. The summed E-state index contributed by atoms with van der Waals surface area (Å²) in [5.41, 5.74) is -2.77. The van der Waals surface area contributed by atoms with Gasteiger partial charge < -0.3 is 19.8 Å². The Hall–Kier alpha value is -3.02. The summed E-state index contributed by atoms with van der Waals surface area (Å²) in [4.78, 5) is 14.8. The minimum Gasteiger partial charge on any atom is -0.569 e. The van der Waals surface area contributed by atoms with Gasteiger partial charge in [0.25, 0.3) is 6.29 Å². The van der Waals surface area contributed by atoms with Crippen LogP contribution >= 0.6 is 10.2 Å². The first kappa shape index (κ1) is 29.5. The number of hydrogen-bond donors (Lipinski definition) is 1. The third kappa shape index (κ3) is 6.51. The fourth-order valence-electron chi connectivity index (χ4n) is 3.88. The SMILES string of the molecule is CCc1cc(S(F)(F)(F)(F)F)cc2c1O[C@H](C(F)(F)F)C(C(=O)OC(C)O/N=[N+](\[O-])N1CCC[C@H]1CO)=C2. The van der Waals surface area contributed by atoms with Crippen LogP contribution in [0, 0.1) is 5.21 Å². The molecule has 3 atom stereocenters. The van der Waals surface area contributed by atoms with E-state index in [1.54, 1.807) is 0 Å². The van der Waals surface area contributed by atoms with E-state index < -0.39 is 74.6 Å². The van der Waals surface area contributed by atoms with Gasteiger partial charge in [0.15, 0.2) is 0 Å². The first-order valence-corrected chi connectivity index (χ1v) is 13.0. The highest BCUT2D eigenvalue weighted by atomic mass is 32.5. The number of aliphatic hydroxyl groups excluding tert-OH is 1. The molecule has 0 aromatic heterocycles. The van der Waals surface area contributed by atoms with E-state index in [-0.39, 0.29) is 30.3 Å². The highest BCUT2D eigenvalue weighted by molar-refractivity contribution is 8.45. The standard InChI is InChI=1S/C20H23F8N3O6S/c1-3-12-7-15(38(24,25,26,27)28)8-13-9-16(18(20(21,22)23)36-17(12)13)19(33)35-11(2)37-29-31(34)30-6-4-5-14(30)10-32/h7-9,11,14,18,32H,3-6,10H2,1-2H3/b31-29-/t11?,14-,18-/m0/s1. The predicted molar refractivity (Wildman–Crippen MR) is 115 cm³/mol. The molecule has 0 radical (unpaired) electrons. The zero-order chi connectivity index (χ0) is 28.7. The molecule has 1 saturated heterocycles. The van der Waals surface area contributed by atoms with Crippen LogP contribution in [0.15, 0.2) is 27.9 Å². The zero-order valence-electron chi connectivity index (χ0n) is 19.8. The lowest BCUT2D eigenvalue weighted by molar-refractivity contribution is -0.716. The molecule has 0 saturated carbocycles. The lowest BCUT2D eigenvalue weighted by Crippen LogP contribution is -2.41. The van der Waals surface area contributed by atoms with Gasteiger partial charge in [-0.1, -0.05) is 26.4 Å². The van der Waals surface area contributed by atoms with Crippen LogP contribution in [0.1, 0.15) is 37.8 Å². The molecule has 18 heteroatoms. The summed E-state index contributed by atoms with van der Waals surface area (Å²) >= 11 is 0. The molecule has 2 aliphatic heterocycles. The fourth-order valence-corrected chi connectivity index (χ4v) is 4.59. The van der Waals surface area contributed by atoms with Crippen LogP contribution in [0.25, 0.3) is 6.08 Å². The lowest BCUT2D eigenvalue weighted by Gasteiger charge is -2.41. The zero-order valence-corrected chi connectivity index (χ0v) is 20.6. The van der Waals surface area contributed by atoms with Crippen molar-refractivity contribution in [3.8, 4) is 5.75 Å². The number of fused-ring (bicyclic) bond motifs is 1. The summed E-state index contributed by atoms with van der Waals surface area (Å²) in [5, 5.41) is 25.5. The van der Waals surface area contributed by atoms with Gasteiger partial charge in [-0.2, -0.15) is 13.2 Å². The van der Waals surface area contributed by atoms with Gasteiger partial charge in [0.05, 0.1) is 23.7 Å². The first-order valence-electron chi connectivity index (χ1n) is 11.0. The van der Waals surface area contributed by atoms with Crippen molar-refractivity contribution in [2.75, 3.05) is 13.2 Å². The molecule has 9 nitrogen and oxygen atoms in total. The number of carbonyl (C=O) groups is 1. The van der Waals surface area contributed by atoms with Crippen molar-refractivity contribution in [3.05, 3.63) is 34.0 Å². The number of rotatable bonds is 8. The molecule has 1 aromatic rings. The van der Waals surface area contributed by atoms with E-state index in [0.717, 1.165) is 11.9 Å². The van der Waals surface area contributed by atoms with Crippen molar-refractivity contribution in [1.82, 2.24) is 5.01 Å². The number of aryl methyl sites for hydroxylation is 1. The quantitative estimate of drug-likeness (QED) is 0.103. The average Bonchev–Trinajstić information content (AvgIpc) is 3.27. The molecule has 216 valence electrons. The van der Waals surface area contributed by atoms with Crippen LogP contribution in [-0.2, 0) is 20.8 Å². The molecule has 0 aliphatic carbocycles. The van der Waals surface area contributed by atoms with Crippen molar-refractivity contribution in [2.24, 2.45) is 5.28 Å². The molecule has 38 heavy (non-hydrogen) atoms. The number of alkyl halides is 3. The van der Waals surface area contributed by atoms with Gasteiger partial charge in [0.2, 0.25) is 11.4 Å². The van der Waals surface area contributed by atoms with Gasteiger partial charge in [-0.15, -0.1) is 5.01 Å². The molecule has 1 N–H and O–H groups in total. The van der Waals surface area contributed by atoms with Crippen LogP contribution in [0.4, 0.5) is 32.6 Å². The third-order valence-corrected chi connectivity index (χ3v) is 6.80. The Morgan fingerprint density at radius 3 is 2.53 bits per heavy atom. The number of hydrazine groups is 1. The van der Waals surface area contributed by atoms with Crippen LogP contribution < -0.4 is 4.74 Å². The number of nitrogens with zero attached hydrogens (tertiary/aromatic N) is 3. The minimum atomic E-state index is -10.2. The van der Waals surface area contributed by atoms with E-state index in [4.69, 9.17) is 9.47 Å². The molecule has 1 unspecified atom stereocenters. The molecule has 0 amide bonds. The van der Waals surface area contributed by atoms with Crippen LogP contribution in [0.2, 0.25) is 0 Å². The third-order valence-electron chi connectivity index (χ3n) is 5.67. The first-order chi connectivity index (χ1) is 17.2. The maximum Gasteiger partial charge on any atom is 0.430 e. The van der Waals surface area contributed by atoms with Crippen molar-refractivity contribution >= 4 is 22.3 Å². The number of halogens is 8. The second-order valence-electron chi connectivity index (χ2n) is 8.52. The van der Waals surface area contributed by atoms with Crippen LogP contribution in [0.5, 0.6) is 5.75 Å². The van der Waals surface area contributed by atoms with E-state index in [2.05, 4.69) is 10.1 Å². The molecule has 2 heterocycles. The Morgan fingerprint density at radius 2 is 1.97 bits per heavy atom. The summed E-state index contributed by atoms with van der Waals surface area (Å²) in [7, 11) is -10.2. The Morgan fingerprint density at radius 1 is 1.32 bits per heavy atom. The van der Waals surface area contributed by atoms with Crippen molar-refractivity contribution in [1.29, 1.82) is 0 Å². The van der Waals surface area contributed by atoms with Gasteiger partial charge in [-0.05, 0) is 43.0 Å². The molecular weight excluding hydrogens is 562 g/mol. The van der Waals surface area contributed by atoms with Gasteiger partial charge in [-0.3, -0.25) is 4.84 Å². The number of hydrogen-bond acceptors (Lipinski definition) is 7.